The minimum absolute atomic E-state index is 0.285. The molecule has 0 spiro atoms. The van der Waals surface area contributed by atoms with Crippen molar-refractivity contribution >= 4 is 23.4 Å². The van der Waals surface area contributed by atoms with E-state index in [1.165, 1.54) is 11.8 Å². The number of anilines is 1. The zero-order valence-electron chi connectivity index (χ0n) is 6.43. The number of nitrogens with two attached hydrogens (primary N) is 1. The van der Waals surface area contributed by atoms with Crippen LogP contribution in [-0.2, 0) is 0 Å². The second-order valence-corrected chi connectivity index (χ2v) is 2.94. The maximum atomic E-state index is 5.48. The fourth-order valence-corrected chi connectivity index (χ4v) is 1.45. The lowest BCUT2D eigenvalue weighted by Crippen LogP contribution is -2.02. The van der Waals surface area contributed by atoms with Gasteiger partial charge in [0.2, 0.25) is 5.95 Å². The van der Waals surface area contributed by atoms with Crippen LogP contribution in [0.3, 0.4) is 0 Å². The monoisotopic (exact) mass is 181 g/mol. The maximum absolute atomic E-state index is 5.48. The Labute approximate surface area is 73.0 Å². The van der Waals surface area contributed by atoms with Gasteiger partial charge in [-0.05, 0) is 6.26 Å². The summed E-state index contributed by atoms with van der Waals surface area (Å²) in [4.78, 5) is 8.02. The Kier molecular flexibility index (Phi) is 1.61. The number of hydrogen-bond donors (Lipinski definition) is 1. The summed E-state index contributed by atoms with van der Waals surface area (Å²) in [6, 6.07) is 1.79. The molecule has 0 atom stereocenters. The van der Waals surface area contributed by atoms with E-state index in [0.717, 1.165) is 10.8 Å². The highest BCUT2D eigenvalue weighted by atomic mass is 32.2. The lowest BCUT2D eigenvalue weighted by atomic mass is 10.7. The van der Waals surface area contributed by atoms with Crippen molar-refractivity contribution in [1.29, 1.82) is 0 Å². The van der Waals surface area contributed by atoms with E-state index >= 15 is 0 Å². The van der Waals surface area contributed by atoms with Crippen molar-refractivity contribution in [2.75, 3.05) is 12.0 Å². The van der Waals surface area contributed by atoms with E-state index < -0.39 is 0 Å². The van der Waals surface area contributed by atoms with Crippen molar-refractivity contribution in [3.05, 3.63) is 12.3 Å². The number of hydrogen-bond acceptors (Lipinski definition) is 5. The van der Waals surface area contributed by atoms with E-state index in [9.17, 15) is 0 Å². The molecule has 5 nitrogen and oxygen atoms in total. The summed E-state index contributed by atoms with van der Waals surface area (Å²) in [6.07, 6.45) is 3.59. The second-order valence-electron chi connectivity index (χ2n) is 2.17. The predicted molar refractivity (Wildman–Crippen MR) is 47.0 cm³/mol. The van der Waals surface area contributed by atoms with Gasteiger partial charge in [0.05, 0.1) is 6.20 Å². The molecule has 0 aliphatic rings. The zero-order chi connectivity index (χ0) is 8.55. The Morgan fingerprint density at radius 3 is 3.08 bits per heavy atom. The first-order chi connectivity index (χ1) is 5.81. The van der Waals surface area contributed by atoms with Gasteiger partial charge >= 0.3 is 0 Å². The van der Waals surface area contributed by atoms with Crippen molar-refractivity contribution in [3.63, 3.8) is 0 Å². The fourth-order valence-electron chi connectivity index (χ4n) is 0.948. The molecule has 62 valence electrons. The Morgan fingerprint density at radius 2 is 2.33 bits per heavy atom. The van der Waals surface area contributed by atoms with Crippen LogP contribution in [0.1, 0.15) is 0 Å². The van der Waals surface area contributed by atoms with Gasteiger partial charge in [0.1, 0.15) is 0 Å². The van der Waals surface area contributed by atoms with Crippen molar-refractivity contribution in [1.82, 2.24) is 19.6 Å². The molecule has 0 radical (unpaired) electrons. The molecule has 0 aliphatic carbocycles. The molecule has 12 heavy (non-hydrogen) atoms. The van der Waals surface area contributed by atoms with Crippen LogP contribution in [0, 0.1) is 0 Å². The first kappa shape index (κ1) is 7.35. The van der Waals surface area contributed by atoms with E-state index in [-0.39, 0.29) is 5.95 Å². The van der Waals surface area contributed by atoms with Gasteiger partial charge in [0, 0.05) is 6.07 Å². The first-order valence-corrected chi connectivity index (χ1v) is 4.55. The first-order valence-electron chi connectivity index (χ1n) is 3.32. The number of fused-ring (bicyclic) bond motifs is 1. The summed E-state index contributed by atoms with van der Waals surface area (Å²) >= 11 is 1.49. The lowest BCUT2D eigenvalue weighted by Gasteiger charge is -1.99. The number of nitrogens with zero attached hydrogens (tertiary/aromatic N) is 4. The third-order valence-electron chi connectivity index (χ3n) is 1.43. The summed E-state index contributed by atoms with van der Waals surface area (Å²) in [5, 5.41) is 4.80. The van der Waals surface area contributed by atoms with Crippen molar-refractivity contribution in [2.24, 2.45) is 0 Å². The number of nitrogen functional groups attached to an aromatic ring is 1. The highest BCUT2D eigenvalue weighted by Gasteiger charge is 2.03. The molecular weight excluding hydrogens is 174 g/mol. The molecule has 0 bridgehead atoms. The molecule has 2 heterocycles. The van der Waals surface area contributed by atoms with Crippen molar-refractivity contribution < 1.29 is 0 Å². The fraction of sp³-hybridized carbons (Fsp3) is 0.167. The third-order valence-corrected chi connectivity index (χ3v) is 2.06. The zero-order valence-corrected chi connectivity index (χ0v) is 7.25. The van der Waals surface area contributed by atoms with Crippen LogP contribution in [0.4, 0.5) is 5.95 Å². The van der Waals surface area contributed by atoms with E-state index in [4.69, 9.17) is 5.73 Å². The number of thioether (sulfide) groups is 1. The minimum Gasteiger partial charge on any atom is -0.368 e. The van der Waals surface area contributed by atoms with Crippen LogP contribution >= 0.6 is 11.8 Å². The van der Waals surface area contributed by atoms with Gasteiger partial charge in [-0.25, -0.2) is 0 Å². The SMILES string of the molecule is CSc1nc(N)nc2ccnn12. The molecule has 2 N–H and O–H groups in total. The van der Waals surface area contributed by atoms with E-state index in [0.29, 0.717) is 0 Å². The largest absolute Gasteiger partial charge is 0.368 e. The third kappa shape index (κ3) is 1.00. The standard InChI is InChI=1S/C6H7N5S/c1-12-6-10-5(7)9-4-2-3-8-11(4)6/h2-3H,1H3,(H2,7,9). The highest BCUT2D eigenvalue weighted by Crippen LogP contribution is 2.13. The van der Waals surface area contributed by atoms with Crippen molar-refractivity contribution in [3.8, 4) is 0 Å². The second kappa shape index (κ2) is 2.63. The topological polar surface area (TPSA) is 69.1 Å². The summed E-state index contributed by atoms with van der Waals surface area (Å²) in [5.41, 5.74) is 6.21. The van der Waals surface area contributed by atoms with Gasteiger partial charge < -0.3 is 5.73 Å². The maximum Gasteiger partial charge on any atom is 0.224 e. The highest BCUT2D eigenvalue weighted by molar-refractivity contribution is 7.98. The van der Waals surface area contributed by atoms with Gasteiger partial charge in [0.15, 0.2) is 10.8 Å². The van der Waals surface area contributed by atoms with E-state index in [1.54, 1.807) is 16.8 Å². The summed E-state index contributed by atoms with van der Waals surface area (Å²) in [6.45, 7) is 0. The average Bonchev–Trinajstić information content (AvgIpc) is 2.50. The van der Waals surface area contributed by atoms with Gasteiger partial charge in [-0.15, -0.1) is 0 Å². The summed E-state index contributed by atoms with van der Waals surface area (Å²) in [5.74, 6) is 0.285. The van der Waals surface area contributed by atoms with Gasteiger partial charge in [-0.2, -0.15) is 19.6 Å². The lowest BCUT2D eigenvalue weighted by molar-refractivity contribution is 0.778. The molecule has 0 saturated heterocycles. The van der Waals surface area contributed by atoms with Crippen molar-refractivity contribution in [2.45, 2.75) is 5.16 Å². The van der Waals surface area contributed by atoms with Crippen LogP contribution < -0.4 is 5.73 Å². The number of rotatable bonds is 1. The molecule has 0 amide bonds. The minimum atomic E-state index is 0.285. The Morgan fingerprint density at radius 1 is 1.50 bits per heavy atom. The average molecular weight is 181 g/mol. The van der Waals surface area contributed by atoms with Gasteiger partial charge in [-0.3, -0.25) is 0 Å². The smallest absolute Gasteiger partial charge is 0.224 e. The van der Waals surface area contributed by atoms with Crippen LogP contribution in [0.25, 0.3) is 5.65 Å². The van der Waals surface area contributed by atoms with E-state index in [1.807, 2.05) is 6.26 Å². The molecule has 0 saturated carbocycles. The van der Waals surface area contributed by atoms with Crippen LogP contribution in [-0.4, -0.2) is 25.8 Å². The quantitative estimate of drug-likeness (QED) is 0.646. The molecule has 0 aliphatic heterocycles. The van der Waals surface area contributed by atoms with Gasteiger partial charge in [0.25, 0.3) is 0 Å². The van der Waals surface area contributed by atoms with E-state index in [2.05, 4.69) is 15.1 Å². The molecule has 0 fully saturated rings. The number of aromatic nitrogens is 4. The molecule has 0 aromatic carbocycles. The Hall–Kier alpha value is -1.30. The molecular formula is C6H7N5S. The van der Waals surface area contributed by atoms with Crippen LogP contribution in [0.5, 0.6) is 0 Å². The predicted octanol–water partition coefficient (Wildman–Crippen LogP) is 0.428. The van der Waals surface area contributed by atoms with Gasteiger partial charge in [-0.1, -0.05) is 11.8 Å². The molecule has 2 rings (SSSR count). The molecule has 2 aromatic heterocycles. The molecule has 2 aromatic rings. The molecule has 0 unspecified atom stereocenters. The van der Waals surface area contributed by atoms with Crippen LogP contribution in [0.15, 0.2) is 17.4 Å². The summed E-state index contributed by atoms with van der Waals surface area (Å²) in [7, 11) is 0. The Bertz CT molecular complexity index is 409. The van der Waals surface area contributed by atoms with Crippen LogP contribution in [0.2, 0.25) is 0 Å². The summed E-state index contributed by atoms with van der Waals surface area (Å²) < 4.78 is 1.65. The normalized spacial score (nSPS) is 10.8. The molecule has 6 heteroatoms. The Balaban J connectivity index is 2.80.